The maximum atomic E-state index is 4.43. The molecule has 0 amide bonds. The Morgan fingerprint density at radius 1 is 1.43 bits per heavy atom. The van der Waals surface area contributed by atoms with Crippen LogP contribution in [0.3, 0.4) is 0 Å². The molecular weight excluding hydrogens is 212 g/mol. The van der Waals surface area contributed by atoms with Gasteiger partial charge in [0, 0.05) is 28.4 Å². The fraction of sp³-hybridized carbons (Fsp3) is 0.300. The second-order valence-electron chi connectivity index (χ2n) is 3.24. The molecule has 14 heavy (non-hydrogen) atoms. The van der Waals surface area contributed by atoms with Crippen LogP contribution in [0.25, 0.3) is 0 Å². The maximum absolute atomic E-state index is 4.43. The highest BCUT2D eigenvalue weighted by Crippen LogP contribution is 2.40. The third-order valence-corrected chi connectivity index (χ3v) is 4.75. The molecule has 0 spiro atoms. The smallest absolute Gasteiger partial charge is 0.0812 e. The van der Waals surface area contributed by atoms with Crippen LogP contribution >= 0.6 is 23.5 Å². The number of allylic oxidation sites excluding steroid dienone is 2. The third kappa shape index (κ3) is 1.38. The van der Waals surface area contributed by atoms with E-state index < -0.39 is 0 Å². The van der Waals surface area contributed by atoms with E-state index in [2.05, 4.69) is 28.5 Å². The Kier molecular flexibility index (Phi) is 2.27. The summed E-state index contributed by atoms with van der Waals surface area (Å²) in [5.41, 5.74) is 2.46. The minimum Gasteiger partial charge on any atom is -0.298 e. The average Bonchev–Trinajstić information content (AvgIpc) is 2.55. The summed E-state index contributed by atoms with van der Waals surface area (Å²) in [6, 6.07) is 0. The highest BCUT2D eigenvalue weighted by Gasteiger charge is 2.25. The van der Waals surface area contributed by atoms with Crippen molar-refractivity contribution >= 4 is 29.7 Å². The lowest BCUT2D eigenvalue weighted by Crippen LogP contribution is -2.09. The van der Waals surface area contributed by atoms with E-state index in [0.29, 0.717) is 5.25 Å². The SMILES string of the molecule is C1=CC2SCNCSC2=C2N=CC=C12. The highest BCUT2D eigenvalue weighted by atomic mass is 32.2. The van der Waals surface area contributed by atoms with Crippen LogP contribution in [-0.4, -0.2) is 23.2 Å². The van der Waals surface area contributed by atoms with E-state index in [-0.39, 0.29) is 0 Å². The monoisotopic (exact) mass is 222 g/mol. The number of hydrogen-bond donors (Lipinski definition) is 1. The van der Waals surface area contributed by atoms with Crippen LogP contribution in [0.5, 0.6) is 0 Å². The number of thioether (sulfide) groups is 2. The molecule has 1 fully saturated rings. The van der Waals surface area contributed by atoms with E-state index in [1.54, 1.807) is 0 Å². The van der Waals surface area contributed by atoms with Crippen LogP contribution in [-0.2, 0) is 0 Å². The second kappa shape index (κ2) is 3.61. The Balaban J connectivity index is 2.04. The zero-order valence-electron chi connectivity index (χ0n) is 7.56. The Labute approximate surface area is 91.6 Å². The molecule has 72 valence electrons. The van der Waals surface area contributed by atoms with Gasteiger partial charge in [0.1, 0.15) is 0 Å². The first-order valence-corrected chi connectivity index (χ1v) is 6.61. The van der Waals surface area contributed by atoms with Crippen LogP contribution in [0.4, 0.5) is 0 Å². The molecule has 0 aromatic heterocycles. The van der Waals surface area contributed by atoms with Gasteiger partial charge in [0.15, 0.2) is 0 Å². The Morgan fingerprint density at radius 3 is 3.43 bits per heavy atom. The quantitative estimate of drug-likeness (QED) is 0.679. The molecule has 3 aliphatic rings. The number of nitrogens with one attached hydrogen (secondary N) is 1. The van der Waals surface area contributed by atoms with E-state index in [9.17, 15) is 0 Å². The molecule has 0 bridgehead atoms. The van der Waals surface area contributed by atoms with Crippen LogP contribution in [0.15, 0.2) is 39.4 Å². The molecule has 0 radical (unpaired) electrons. The zero-order chi connectivity index (χ0) is 9.38. The van der Waals surface area contributed by atoms with Gasteiger partial charge in [0.25, 0.3) is 0 Å². The number of rotatable bonds is 0. The van der Waals surface area contributed by atoms with Crippen LogP contribution in [0, 0.1) is 0 Å². The molecule has 1 aliphatic carbocycles. The van der Waals surface area contributed by atoms with Crippen molar-refractivity contribution in [2.24, 2.45) is 4.99 Å². The van der Waals surface area contributed by atoms with Gasteiger partial charge >= 0.3 is 0 Å². The Hall–Kier alpha value is -0.450. The van der Waals surface area contributed by atoms with Crippen molar-refractivity contribution in [2.75, 3.05) is 11.8 Å². The predicted octanol–water partition coefficient (Wildman–Crippen LogP) is 2.13. The van der Waals surface area contributed by atoms with Crippen molar-refractivity contribution in [3.05, 3.63) is 34.4 Å². The van der Waals surface area contributed by atoms with Gasteiger partial charge in [-0.1, -0.05) is 12.2 Å². The fourth-order valence-electron chi connectivity index (χ4n) is 1.70. The maximum Gasteiger partial charge on any atom is 0.0812 e. The van der Waals surface area contributed by atoms with Gasteiger partial charge in [0.2, 0.25) is 0 Å². The van der Waals surface area contributed by atoms with Gasteiger partial charge in [-0.3, -0.25) is 10.3 Å². The molecule has 0 aromatic rings. The first-order valence-electron chi connectivity index (χ1n) is 4.57. The number of aliphatic imine (C=N–C) groups is 1. The van der Waals surface area contributed by atoms with Crippen molar-refractivity contribution in [2.45, 2.75) is 5.25 Å². The van der Waals surface area contributed by atoms with Gasteiger partial charge in [-0.05, 0) is 6.08 Å². The predicted molar refractivity (Wildman–Crippen MR) is 64.6 cm³/mol. The highest BCUT2D eigenvalue weighted by molar-refractivity contribution is 8.06. The molecule has 1 N–H and O–H groups in total. The Morgan fingerprint density at radius 2 is 2.43 bits per heavy atom. The van der Waals surface area contributed by atoms with E-state index in [0.717, 1.165) is 11.8 Å². The van der Waals surface area contributed by atoms with Crippen molar-refractivity contribution in [3.63, 3.8) is 0 Å². The topological polar surface area (TPSA) is 24.4 Å². The van der Waals surface area contributed by atoms with Gasteiger partial charge in [0.05, 0.1) is 10.9 Å². The van der Waals surface area contributed by atoms with Crippen LogP contribution in [0.2, 0.25) is 0 Å². The van der Waals surface area contributed by atoms with Crippen molar-refractivity contribution in [1.29, 1.82) is 0 Å². The van der Waals surface area contributed by atoms with Gasteiger partial charge < -0.3 is 0 Å². The molecule has 2 aliphatic heterocycles. The largest absolute Gasteiger partial charge is 0.298 e. The minimum atomic E-state index is 0.511. The molecule has 1 unspecified atom stereocenters. The van der Waals surface area contributed by atoms with Crippen molar-refractivity contribution in [1.82, 2.24) is 5.32 Å². The van der Waals surface area contributed by atoms with Gasteiger partial charge in [-0.2, -0.15) is 0 Å². The number of nitrogens with zero attached hydrogens (tertiary/aromatic N) is 1. The van der Waals surface area contributed by atoms with E-state index in [1.807, 2.05) is 29.7 Å². The molecule has 1 atom stereocenters. The minimum absolute atomic E-state index is 0.511. The summed E-state index contributed by atoms with van der Waals surface area (Å²) in [6.45, 7) is 0. The molecule has 1 saturated heterocycles. The van der Waals surface area contributed by atoms with Gasteiger partial charge in [-0.25, -0.2) is 0 Å². The summed E-state index contributed by atoms with van der Waals surface area (Å²) in [5.74, 6) is 2.03. The first-order chi connectivity index (χ1) is 6.95. The Bertz CT molecular complexity index is 380. The lowest BCUT2D eigenvalue weighted by atomic mass is 10.1. The van der Waals surface area contributed by atoms with Gasteiger partial charge in [-0.15, -0.1) is 23.5 Å². The summed E-state index contributed by atoms with van der Waals surface area (Å²) in [6.07, 6.45) is 8.45. The van der Waals surface area contributed by atoms with Crippen LogP contribution in [0.1, 0.15) is 0 Å². The lowest BCUT2D eigenvalue weighted by molar-refractivity contribution is 0.954. The summed E-state index contributed by atoms with van der Waals surface area (Å²) >= 11 is 3.83. The molecule has 2 heterocycles. The lowest BCUT2D eigenvalue weighted by Gasteiger charge is -2.18. The summed E-state index contributed by atoms with van der Waals surface area (Å²) in [7, 11) is 0. The number of fused-ring (bicyclic) bond motifs is 2. The van der Waals surface area contributed by atoms with Crippen LogP contribution < -0.4 is 5.32 Å². The average molecular weight is 222 g/mol. The molecule has 4 heteroatoms. The summed E-state index contributed by atoms with van der Waals surface area (Å²) < 4.78 is 0. The van der Waals surface area contributed by atoms with Crippen molar-refractivity contribution in [3.8, 4) is 0 Å². The molecular formula is C10H10N2S2. The normalized spacial score (nSPS) is 29.7. The standard InChI is InChI=1S/C10H10N2S2/c1-2-8-10(14-6-11-5-13-8)9-7(1)3-4-12-9/h1-4,8,11H,5-6H2. The van der Waals surface area contributed by atoms with Crippen molar-refractivity contribution < 1.29 is 0 Å². The first kappa shape index (κ1) is 8.83. The summed E-state index contributed by atoms with van der Waals surface area (Å²) in [5, 5.41) is 3.88. The fourth-order valence-corrected chi connectivity index (χ4v) is 4.00. The molecule has 0 aromatic carbocycles. The zero-order valence-corrected chi connectivity index (χ0v) is 9.20. The van der Waals surface area contributed by atoms with E-state index in [4.69, 9.17) is 0 Å². The molecule has 2 nitrogen and oxygen atoms in total. The number of hydrogen-bond acceptors (Lipinski definition) is 4. The van der Waals surface area contributed by atoms with E-state index >= 15 is 0 Å². The summed E-state index contributed by atoms with van der Waals surface area (Å²) in [4.78, 5) is 5.85. The third-order valence-electron chi connectivity index (χ3n) is 2.37. The molecule has 3 rings (SSSR count). The van der Waals surface area contributed by atoms with E-state index in [1.165, 1.54) is 16.2 Å². The molecule has 0 saturated carbocycles. The second-order valence-corrected chi connectivity index (χ2v) is 5.39.